The van der Waals surface area contributed by atoms with Crippen molar-refractivity contribution in [3.8, 4) is 0 Å². The van der Waals surface area contributed by atoms with Crippen LogP contribution in [0.2, 0.25) is 0 Å². The van der Waals surface area contributed by atoms with Crippen LogP contribution in [-0.4, -0.2) is 54.8 Å². The number of rotatable bonds is 6. The Morgan fingerprint density at radius 2 is 1.87 bits per heavy atom. The fourth-order valence-corrected chi connectivity index (χ4v) is 2.35. The van der Waals surface area contributed by atoms with E-state index in [0.717, 1.165) is 11.8 Å². The van der Waals surface area contributed by atoms with Crippen LogP contribution in [0.15, 0.2) is 0 Å². The Hall–Kier alpha value is 0.270. The molecule has 1 aliphatic rings. The van der Waals surface area contributed by atoms with Crippen LogP contribution < -0.4 is 0 Å². The summed E-state index contributed by atoms with van der Waals surface area (Å²) in [6.45, 7) is 7.37. The van der Waals surface area contributed by atoms with Crippen molar-refractivity contribution in [2.24, 2.45) is 0 Å². The van der Waals surface area contributed by atoms with Gasteiger partial charge in [0.2, 0.25) is 0 Å². The quantitative estimate of drug-likeness (QED) is 0.551. The van der Waals surface area contributed by atoms with E-state index in [2.05, 4.69) is 36.4 Å². The third-order valence-electron chi connectivity index (χ3n) is 3.43. The maximum atomic E-state index is 4.23. The van der Waals surface area contributed by atoms with Crippen molar-refractivity contribution >= 4 is 12.6 Å². The molecule has 0 amide bonds. The summed E-state index contributed by atoms with van der Waals surface area (Å²) in [4.78, 5) is 5.07. The standard InChI is InChI=1S/C12H26N2S/c1-12-11-14(9-8-13(12)2)7-5-3-4-6-10-15/h12,15H,3-11H2,1-2H3. The second kappa shape index (κ2) is 7.53. The molecular weight excluding hydrogens is 204 g/mol. The molecule has 0 aromatic heterocycles. The molecule has 0 aliphatic carbocycles. The Bertz CT molecular complexity index is 164. The average Bonchev–Trinajstić information content (AvgIpc) is 2.23. The summed E-state index contributed by atoms with van der Waals surface area (Å²) in [5.41, 5.74) is 0. The van der Waals surface area contributed by atoms with Crippen LogP contribution >= 0.6 is 12.6 Å². The predicted molar refractivity (Wildman–Crippen MR) is 70.9 cm³/mol. The number of hydrogen-bond donors (Lipinski definition) is 1. The highest BCUT2D eigenvalue weighted by Gasteiger charge is 2.19. The zero-order valence-corrected chi connectivity index (χ0v) is 11.2. The van der Waals surface area contributed by atoms with Gasteiger partial charge in [-0.05, 0) is 39.1 Å². The van der Waals surface area contributed by atoms with Gasteiger partial charge in [-0.2, -0.15) is 12.6 Å². The number of piperazine rings is 1. The smallest absolute Gasteiger partial charge is 0.0192 e. The molecule has 0 aromatic carbocycles. The van der Waals surface area contributed by atoms with E-state index >= 15 is 0 Å². The third-order valence-corrected chi connectivity index (χ3v) is 3.74. The van der Waals surface area contributed by atoms with E-state index in [0.29, 0.717) is 0 Å². The minimum atomic E-state index is 0.733. The fraction of sp³-hybridized carbons (Fsp3) is 1.00. The van der Waals surface area contributed by atoms with Crippen molar-refractivity contribution < 1.29 is 0 Å². The molecule has 90 valence electrons. The summed E-state index contributed by atoms with van der Waals surface area (Å²) in [7, 11) is 2.23. The number of nitrogens with zero attached hydrogens (tertiary/aromatic N) is 2. The first-order valence-electron chi connectivity index (χ1n) is 6.27. The maximum absolute atomic E-state index is 4.23. The average molecular weight is 230 g/mol. The van der Waals surface area contributed by atoms with Gasteiger partial charge in [-0.3, -0.25) is 0 Å². The van der Waals surface area contributed by atoms with Crippen LogP contribution in [0.3, 0.4) is 0 Å². The zero-order valence-electron chi connectivity index (χ0n) is 10.3. The summed E-state index contributed by atoms with van der Waals surface area (Å²) in [6.07, 6.45) is 5.38. The maximum Gasteiger partial charge on any atom is 0.0192 e. The van der Waals surface area contributed by atoms with Crippen molar-refractivity contribution in [1.82, 2.24) is 9.80 Å². The van der Waals surface area contributed by atoms with E-state index in [1.54, 1.807) is 0 Å². The lowest BCUT2D eigenvalue weighted by Crippen LogP contribution is -2.50. The van der Waals surface area contributed by atoms with E-state index in [-0.39, 0.29) is 0 Å². The lowest BCUT2D eigenvalue weighted by Gasteiger charge is -2.37. The molecule has 1 heterocycles. The van der Waals surface area contributed by atoms with Crippen LogP contribution in [0.4, 0.5) is 0 Å². The van der Waals surface area contributed by atoms with E-state index < -0.39 is 0 Å². The minimum absolute atomic E-state index is 0.733. The molecule has 0 N–H and O–H groups in total. The van der Waals surface area contributed by atoms with Gasteiger partial charge in [0.1, 0.15) is 0 Å². The molecule has 0 bridgehead atoms. The molecule has 0 radical (unpaired) electrons. The first-order valence-corrected chi connectivity index (χ1v) is 6.90. The second-order valence-electron chi connectivity index (χ2n) is 4.77. The Balaban J connectivity index is 2.02. The number of hydrogen-bond acceptors (Lipinski definition) is 3. The summed E-state index contributed by atoms with van der Waals surface area (Å²) >= 11 is 4.23. The van der Waals surface area contributed by atoms with Crippen molar-refractivity contribution in [3.05, 3.63) is 0 Å². The number of unbranched alkanes of at least 4 members (excludes halogenated alkanes) is 3. The molecule has 2 nitrogen and oxygen atoms in total. The molecule has 0 spiro atoms. The highest BCUT2D eigenvalue weighted by Crippen LogP contribution is 2.09. The minimum Gasteiger partial charge on any atom is -0.301 e. The van der Waals surface area contributed by atoms with Crippen LogP contribution in [0.5, 0.6) is 0 Å². The molecule has 1 rings (SSSR count). The van der Waals surface area contributed by atoms with Crippen molar-refractivity contribution in [3.63, 3.8) is 0 Å². The lowest BCUT2D eigenvalue weighted by molar-refractivity contribution is 0.104. The Morgan fingerprint density at radius 3 is 2.53 bits per heavy atom. The fourth-order valence-electron chi connectivity index (χ4n) is 2.13. The van der Waals surface area contributed by atoms with Gasteiger partial charge >= 0.3 is 0 Å². The van der Waals surface area contributed by atoms with Crippen molar-refractivity contribution in [1.29, 1.82) is 0 Å². The molecule has 1 atom stereocenters. The Kier molecular flexibility index (Phi) is 6.69. The monoisotopic (exact) mass is 230 g/mol. The predicted octanol–water partition coefficient (Wildman–Crippen LogP) is 2.11. The Labute approximate surface area is 100 Å². The molecule has 1 saturated heterocycles. The summed E-state index contributed by atoms with van der Waals surface area (Å²) in [5.74, 6) is 1.05. The second-order valence-corrected chi connectivity index (χ2v) is 5.22. The van der Waals surface area contributed by atoms with E-state index in [1.165, 1.54) is 51.9 Å². The molecule has 1 aliphatic heterocycles. The molecule has 1 unspecified atom stereocenters. The molecule has 3 heteroatoms. The van der Waals surface area contributed by atoms with Gasteiger partial charge in [0.15, 0.2) is 0 Å². The molecular formula is C12H26N2S. The van der Waals surface area contributed by atoms with E-state index in [9.17, 15) is 0 Å². The number of likely N-dealkylation sites (N-methyl/N-ethyl adjacent to an activating group) is 1. The van der Waals surface area contributed by atoms with Gasteiger partial charge in [0.05, 0.1) is 0 Å². The molecule has 1 fully saturated rings. The topological polar surface area (TPSA) is 6.48 Å². The van der Waals surface area contributed by atoms with Gasteiger partial charge in [-0.1, -0.05) is 12.8 Å². The molecule has 0 aromatic rings. The van der Waals surface area contributed by atoms with Gasteiger partial charge in [-0.15, -0.1) is 0 Å². The summed E-state index contributed by atoms with van der Waals surface area (Å²) < 4.78 is 0. The van der Waals surface area contributed by atoms with Crippen LogP contribution in [0.25, 0.3) is 0 Å². The third kappa shape index (κ3) is 5.23. The highest BCUT2D eigenvalue weighted by molar-refractivity contribution is 7.80. The van der Waals surface area contributed by atoms with Crippen molar-refractivity contribution in [2.45, 2.75) is 38.6 Å². The highest BCUT2D eigenvalue weighted by atomic mass is 32.1. The van der Waals surface area contributed by atoms with Crippen molar-refractivity contribution in [2.75, 3.05) is 39.0 Å². The normalized spacial score (nSPS) is 24.6. The molecule has 15 heavy (non-hydrogen) atoms. The lowest BCUT2D eigenvalue weighted by atomic mass is 10.1. The van der Waals surface area contributed by atoms with Crippen LogP contribution in [0.1, 0.15) is 32.6 Å². The van der Waals surface area contributed by atoms with E-state index in [1.807, 2.05) is 0 Å². The van der Waals surface area contributed by atoms with Gasteiger partial charge in [0.25, 0.3) is 0 Å². The number of thiol groups is 1. The largest absolute Gasteiger partial charge is 0.301 e. The van der Waals surface area contributed by atoms with Gasteiger partial charge in [0, 0.05) is 25.7 Å². The van der Waals surface area contributed by atoms with Gasteiger partial charge in [-0.25, -0.2) is 0 Å². The van der Waals surface area contributed by atoms with E-state index in [4.69, 9.17) is 0 Å². The SMILES string of the molecule is CC1CN(CCCCCCS)CCN1C. The Morgan fingerprint density at radius 1 is 1.13 bits per heavy atom. The molecule has 0 saturated carbocycles. The first-order chi connectivity index (χ1) is 7.24. The summed E-state index contributed by atoms with van der Waals surface area (Å²) in [6, 6.07) is 0.733. The van der Waals surface area contributed by atoms with Crippen LogP contribution in [0, 0.1) is 0 Å². The van der Waals surface area contributed by atoms with Gasteiger partial charge < -0.3 is 9.80 Å². The zero-order chi connectivity index (χ0) is 11.1. The first kappa shape index (κ1) is 13.3. The summed E-state index contributed by atoms with van der Waals surface area (Å²) in [5, 5.41) is 0. The van der Waals surface area contributed by atoms with Crippen LogP contribution in [-0.2, 0) is 0 Å².